The maximum absolute atomic E-state index is 12.6. The third-order valence-corrected chi connectivity index (χ3v) is 6.26. The lowest BCUT2D eigenvalue weighted by Gasteiger charge is -2.21. The quantitative estimate of drug-likeness (QED) is 0.881. The number of nitrogens with zero attached hydrogens (tertiary/aromatic N) is 2. The number of anilines is 1. The summed E-state index contributed by atoms with van der Waals surface area (Å²) in [6, 6.07) is 3.50. The summed E-state index contributed by atoms with van der Waals surface area (Å²) in [5.41, 5.74) is 1.05. The van der Waals surface area contributed by atoms with Crippen LogP contribution in [0.3, 0.4) is 0 Å². The van der Waals surface area contributed by atoms with Gasteiger partial charge in [-0.05, 0) is 36.6 Å². The molecule has 2 heterocycles. The van der Waals surface area contributed by atoms with Gasteiger partial charge in [-0.3, -0.25) is 9.69 Å². The van der Waals surface area contributed by atoms with Gasteiger partial charge in [0.05, 0.1) is 4.90 Å². The lowest BCUT2D eigenvalue weighted by molar-refractivity contribution is -0.139. The molecule has 2 aliphatic heterocycles. The number of rotatable bonds is 3. The minimum atomic E-state index is -3.55. The van der Waals surface area contributed by atoms with Crippen LogP contribution in [0.25, 0.3) is 0 Å². The Morgan fingerprint density at radius 2 is 1.87 bits per heavy atom. The Morgan fingerprint density at radius 1 is 1.22 bits per heavy atom. The minimum Gasteiger partial charge on any atom is -0.480 e. The standard InChI is InChI=1S/C15H18N2O5S/c1-10(18)17-13-5-4-12(8-11(13)9-14(17)15(19)20)23(21,22)16-6-2-3-7-16/h4-5,8,14H,2-3,6-7,9H2,1H3,(H,19,20). The molecule has 124 valence electrons. The molecule has 7 nitrogen and oxygen atoms in total. The van der Waals surface area contributed by atoms with E-state index in [1.165, 1.54) is 34.3 Å². The maximum atomic E-state index is 12.6. The number of sulfonamides is 1. The van der Waals surface area contributed by atoms with Crippen molar-refractivity contribution < 1.29 is 23.1 Å². The molecule has 23 heavy (non-hydrogen) atoms. The molecule has 1 unspecified atom stereocenters. The van der Waals surface area contributed by atoms with Crippen molar-refractivity contribution in [3.63, 3.8) is 0 Å². The summed E-state index contributed by atoms with van der Waals surface area (Å²) in [6.07, 6.45) is 1.82. The minimum absolute atomic E-state index is 0.119. The molecule has 2 aliphatic rings. The van der Waals surface area contributed by atoms with Gasteiger partial charge in [-0.1, -0.05) is 0 Å². The van der Waals surface area contributed by atoms with Crippen molar-refractivity contribution in [2.75, 3.05) is 18.0 Å². The highest BCUT2D eigenvalue weighted by atomic mass is 32.2. The van der Waals surface area contributed by atoms with Crippen molar-refractivity contribution in [1.29, 1.82) is 0 Å². The fraction of sp³-hybridized carbons (Fsp3) is 0.467. The highest BCUT2D eigenvalue weighted by Crippen LogP contribution is 2.35. The number of amides is 1. The van der Waals surface area contributed by atoms with E-state index in [9.17, 15) is 23.1 Å². The Balaban J connectivity index is 2.00. The Bertz CT molecular complexity index is 768. The summed E-state index contributed by atoms with van der Waals surface area (Å²) in [5, 5.41) is 9.29. The molecule has 0 spiro atoms. The van der Waals surface area contributed by atoms with Gasteiger partial charge in [-0.15, -0.1) is 0 Å². The van der Waals surface area contributed by atoms with Gasteiger partial charge < -0.3 is 5.11 Å². The van der Waals surface area contributed by atoms with Crippen molar-refractivity contribution in [3.05, 3.63) is 23.8 Å². The van der Waals surface area contributed by atoms with E-state index in [-0.39, 0.29) is 17.2 Å². The SMILES string of the molecule is CC(=O)N1c2ccc(S(=O)(=O)N3CCCC3)cc2CC1C(=O)O. The molecule has 1 N–H and O–H groups in total. The zero-order chi connectivity index (χ0) is 16.8. The average Bonchev–Trinajstić information content (AvgIpc) is 3.14. The summed E-state index contributed by atoms with van der Waals surface area (Å²) in [5.74, 6) is -1.47. The number of aliphatic carboxylic acids is 1. The third kappa shape index (κ3) is 2.61. The molecule has 8 heteroatoms. The van der Waals surface area contributed by atoms with E-state index in [1.807, 2.05) is 0 Å². The maximum Gasteiger partial charge on any atom is 0.327 e. The second kappa shape index (κ2) is 5.61. The molecule has 0 aliphatic carbocycles. The van der Waals surface area contributed by atoms with Crippen LogP contribution in [0.1, 0.15) is 25.3 Å². The normalized spacial score (nSPS) is 21.4. The van der Waals surface area contributed by atoms with E-state index in [0.29, 0.717) is 24.3 Å². The van der Waals surface area contributed by atoms with Crippen LogP contribution >= 0.6 is 0 Å². The first-order valence-electron chi connectivity index (χ1n) is 7.48. The average molecular weight is 338 g/mol. The summed E-state index contributed by atoms with van der Waals surface area (Å²) < 4.78 is 26.6. The number of carboxylic acid groups (broad SMARTS) is 1. The smallest absolute Gasteiger partial charge is 0.327 e. The van der Waals surface area contributed by atoms with E-state index in [4.69, 9.17) is 0 Å². The molecule has 3 rings (SSSR count). The molecular formula is C15H18N2O5S. The Hall–Kier alpha value is -1.93. The van der Waals surface area contributed by atoms with Crippen LogP contribution < -0.4 is 4.90 Å². The number of hydrogen-bond acceptors (Lipinski definition) is 4. The highest BCUT2D eigenvalue weighted by Gasteiger charge is 2.38. The first-order chi connectivity index (χ1) is 10.8. The molecule has 1 fully saturated rings. The summed E-state index contributed by atoms with van der Waals surface area (Å²) in [4.78, 5) is 24.5. The topological polar surface area (TPSA) is 95.0 Å². The fourth-order valence-corrected chi connectivity index (χ4v) is 4.82. The highest BCUT2D eigenvalue weighted by molar-refractivity contribution is 7.89. The predicted molar refractivity (Wildman–Crippen MR) is 82.7 cm³/mol. The van der Waals surface area contributed by atoms with Crippen LogP contribution in [0.15, 0.2) is 23.1 Å². The molecule has 0 radical (unpaired) electrons. The summed E-state index contributed by atoms with van der Waals surface area (Å²) in [6.45, 7) is 2.33. The van der Waals surface area contributed by atoms with Crippen LogP contribution in [0, 0.1) is 0 Å². The monoisotopic (exact) mass is 338 g/mol. The van der Waals surface area contributed by atoms with E-state index < -0.39 is 22.0 Å². The van der Waals surface area contributed by atoms with Gasteiger partial charge >= 0.3 is 5.97 Å². The molecule has 0 aromatic heterocycles. The Kier molecular flexibility index (Phi) is 3.89. The lowest BCUT2D eigenvalue weighted by atomic mass is 10.1. The van der Waals surface area contributed by atoms with Crippen LogP contribution in [-0.2, 0) is 26.0 Å². The Morgan fingerprint density at radius 3 is 2.43 bits per heavy atom. The number of carboxylic acids is 1. The molecule has 1 aromatic rings. The van der Waals surface area contributed by atoms with Crippen LogP contribution in [0.2, 0.25) is 0 Å². The number of carbonyl (C=O) groups is 2. The second-order valence-electron chi connectivity index (χ2n) is 5.85. The Labute approximate surface area is 134 Å². The van der Waals surface area contributed by atoms with E-state index in [1.54, 1.807) is 0 Å². The van der Waals surface area contributed by atoms with Crippen molar-refractivity contribution in [1.82, 2.24) is 4.31 Å². The van der Waals surface area contributed by atoms with E-state index in [0.717, 1.165) is 12.8 Å². The molecule has 0 saturated carbocycles. The van der Waals surface area contributed by atoms with Crippen molar-refractivity contribution in [2.24, 2.45) is 0 Å². The van der Waals surface area contributed by atoms with Gasteiger partial charge in [-0.25, -0.2) is 13.2 Å². The summed E-state index contributed by atoms with van der Waals surface area (Å²) in [7, 11) is -3.55. The molecule has 1 atom stereocenters. The van der Waals surface area contributed by atoms with E-state index >= 15 is 0 Å². The van der Waals surface area contributed by atoms with Crippen LogP contribution in [0.4, 0.5) is 5.69 Å². The predicted octanol–water partition coefficient (Wildman–Crippen LogP) is 0.833. The number of hydrogen-bond donors (Lipinski definition) is 1. The zero-order valence-corrected chi connectivity index (χ0v) is 13.5. The molecular weight excluding hydrogens is 320 g/mol. The van der Waals surface area contributed by atoms with Gasteiger partial charge in [-0.2, -0.15) is 4.31 Å². The van der Waals surface area contributed by atoms with Gasteiger partial charge in [0, 0.05) is 32.1 Å². The second-order valence-corrected chi connectivity index (χ2v) is 7.79. The molecule has 1 amide bonds. The zero-order valence-electron chi connectivity index (χ0n) is 12.7. The van der Waals surface area contributed by atoms with Crippen LogP contribution in [-0.4, -0.2) is 48.8 Å². The van der Waals surface area contributed by atoms with Gasteiger partial charge in [0.1, 0.15) is 6.04 Å². The largest absolute Gasteiger partial charge is 0.480 e. The first-order valence-corrected chi connectivity index (χ1v) is 8.92. The van der Waals surface area contributed by atoms with Gasteiger partial charge in [0.15, 0.2) is 0 Å². The van der Waals surface area contributed by atoms with Crippen LogP contribution in [0.5, 0.6) is 0 Å². The molecule has 1 saturated heterocycles. The van der Waals surface area contributed by atoms with Gasteiger partial charge in [0.25, 0.3) is 0 Å². The lowest BCUT2D eigenvalue weighted by Crippen LogP contribution is -2.41. The molecule has 0 bridgehead atoms. The van der Waals surface area contributed by atoms with E-state index in [2.05, 4.69) is 0 Å². The first kappa shape index (κ1) is 15.9. The summed E-state index contributed by atoms with van der Waals surface area (Å²) >= 11 is 0. The molecule has 1 aromatic carbocycles. The van der Waals surface area contributed by atoms with Crippen molar-refractivity contribution in [2.45, 2.75) is 37.1 Å². The van der Waals surface area contributed by atoms with Crippen molar-refractivity contribution in [3.8, 4) is 0 Å². The van der Waals surface area contributed by atoms with Crippen molar-refractivity contribution >= 4 is 27.6 Å². The van der Waals surface area contributed by atoms with Gasteiger partial charge in [0.2, 0.25) is 15.9 Å². The number of benzene rings is 1. The fourth-order valence-electron chi connectivity index (χ4n) is 3.25. The number of carbonyl (C=O) groups excluding carboxylic acids is 1. The number of fused-ring (bicyclic) bond motifs is 1. The third-order valence-electron chi connectivity index (χ3n) is 4.36.